The van der Waals surface area contributed by atoms with Crippen molar-refractivity contribution in [3.05, 3.63) is 53.7 Å². The Morgan fingerprint density at radius 1 is 1.10 bits per heavy atom. The predicted molar refractivity (Wildman–Crippen MR) is 111 cm³/mol. The average Bonchev–Trinajstić information content (AvgIpc) is 3.47. The number of nitrogens with one attached hydrogen (secondary N) is 2. The monoisotopic (exact) mass is 423 g/mol. The maximum Gasteiger partial charge on any atom is 0.273 e. The number of hydrogen-bond acceptors (Lipinski definition) is 7. The summed E-state index contributed by atoms with van der Waals surface area (Å²) in [5, 5.41) is 13.8. The number of amides is 2. The first-order valence-corrected chi connectivity index (χ1v) is 10.3. The Labute approximate surface area is 179 Å². The highest BCUT2D eigenvalue weighted by Crippen LogP contribution is 2.39. The molecule has 1 aliphatic carbocycles. The molecule has 162 valence electrons. The zero-order valence-electron chi connectivity index (χ0n) is 17.7. The van der Waals surface area contributed by atoms with E-state index in [1.54, 1.807) is 13.0 Å². The normalized spacial score (nSPS) is 20.7. The van der Waals surface area contributed by atoms with Crippen LogP contribution in [-0.2, 0) is 4.79 Å². The van der Waals surface area contributed by atoms with E-state index < -0.39 is 0 Å². The molecule has 9 heteroatoms. The summed E-state index contributed by atoms with van der Waals surface area (Å²) in [5.41, 5.74) is 1.03. The minimum atomic E-state index is -0.362. The Morgan fingerprint density at radius 3 is 2.55 bits per heavy atom. The third-order valence-corrected chi connectivity index (χ3v) is 5.33. The summed E-state index contributed by atoms with van der Waals surface area (Å²) in [6.07, 6.45) is 0.965. The van der Waals surface area contributed by atoms with Crippen LogP contribution in [0.15, 0.2) is 45.4 Å². The fourth-order valence-corrected chi connectivity index (χ4v) is 3.89. The maximum absolute atomic E-state index is 12.7. The summed E-state index contributed by atoms with van der Waals surface area (Å²) in [6.45, 7) is 5.55. The van der Waals surface area contributed by atoms with Crippen LogP contribution in [0.3, 0.4) is 0 Å². The molecule has 1 fully saturated rings. The molecular formula is C22H25N5O4. The van der Waals surface area contributed by atoms with Gasteiger partial charge in [-0.15, -0.1) is 0 Å². The van der Waals surface area contributed by atoms with Crippen molar-refractivity contribution >= 4 is 11.8 Å². The number of carbonyl (C=O) groups excluding carboxylic acids is 2. The first-order valence-electron chi connectivity index (χ1n) is 10.3. The lowest BCUT2D eigenvalue weighted by atomic mass is 10.0. The molecule has 3 atom stereocenters. The van der Waals surface area contributed by atoms with Gasteiger partial charge in [0.05, 0.1) is 5.92 Å². The number of benzene rings is 1. The standard InChI is InChI=1S/C22H25N5O4/c1-12(2)23-20(28)15-10-16(17(11-15)24-21(29)18-9-13(3)30-26-18)22-25-19(27-31-22)14-7-5-4-6-8-14/h4-9,12,15-17H,10-11H2,1-3H3,(H,23,28)(H,24,29)/t15-,16-,17+/m1/s1. The van der Waals surface area contributed by atoms with Crippen molar-refractivity contribution < 1.29 is 18.6 Å². The Morgan fingerprint density at radius 2 is 1.87 bits per heavy atom. The van der Waals surface area contributed by atoms with Crippen LogP contribution in [0, 0.1) is 12.8 Å². The van der Waals surface area contributed by atoms with Crippen LogP contribution in [0.2, 0.25) is 0 Å². The van der Waals surface area contributed by atoms with E-state index in [0.717, 1.165) is 5.56 Å². The van der Waals surface area contributed by atoms with Crippen molar-refractivity contribution in [3.63, 3.8) is 0 Å². The first-order chi connectivity index (χ1) is 14.9. The van der Waals surface area contributed by atoms with Gasteiger partial charge in [-0.25, -0.2) is 0 Å². The van der Waals surface area contributed by atoms with Gasteiger partial charge in [0.25, 0.3) is 5.91 Å². The van der Waals surface area contributed by atoms with E-state index in [4.69, 9.17) is 9.05 Å². The van der Waals surface area contributed by atoms with Gasteiger partial charge in [0.1, 0.15) is 5.76 Å². The van der Waals surface area contributed by atoms with Crippen LogP contribution in [0.5, 0.6) is 0 Å². The van der Waals surface area contributed by atoms with Crippen molar-refractivity contribution in [2.24, 2.45) is 5.92 Å². The third-order valence-electron chi connectivity index (χ3n) is 5.33. The van der Waals surface area contributed by atoms with Crippen LogP contribution in [0.4, 0.5) is 0 Å². The zero-order chi connectivity index (χ0) is 22.0. The highest BCUT2D eigenvalue weighted by Gasteiger charge is 2.42. The maximum atomic E-state index is 12.7. The molecular weight excluding hydrogens is 398 g/mol. The second-order valence-electron chi connectivity index (χ2n) is 8.16. The second-order valence-corrected chi connectivity index (χ2v) is 8.16. The van der Waals surface area contributed by atoms with E-state index >= 15 is 0 Å². The molecule has 2 N–H and O–H groups in total. The average molecular weight is 423 g/mol. The van der Waals surface area contributed by atoms with Crippen molar-refractivity contribution in [1.29, 1.82) is 0 Å². The molecule has 2 heterocycles. The van der Waals surface area contributed by atoms with Gasteiger partial charge in [-0.3, -0.25) is 9.59 Å². The molecule has 1 aromatic carbocycles. The fourth-order valence-electron chi connectivity index (χ4n) is 3.89. The van der Waals surface area contributed by atoms with Gasteiger partial charge < -0.3 is 19.7 Å². The highest BCUT2D eigenvalue weighted by atomic mass is 16.5. The van der Waals surface area contributed by atoms with Gasteiger partial charge in [0, 0.05) is 29.6 Å². The van der Waals surface area contributed by atoms with E-state index in [0.29, 0.717) is 30.3 Å². The Hall–Kier alpha value is -3.49. The number of rotatable bonds is 6. The van der Waals surface area contributed by atoms with E-state index in [1.165, 1.54) is 0 Å². The van der Waals surface area contributed by atoms with Crippen LogP contribution in [0.25, 0.3) is 11.4 Å². The van der Waals surface area contributed by atoms with Gasteiger partial charge in [-0.1, -0.05) is 40.6 Å². The Balaban J connectivity index is 1.57. The summed E-state index contributed by atoms with van der Waals surface area (Å²) in [5.74, 6) is 0.458. The van der Waals surface area contributed by atoms with Crippen LogP contribution >= 0.6 is 0 Å². The van der Waals surface area contributed by atoms with Crippen LogP contribution in [-0.4, -0.2) is 39.2 Å². The molecule has 1 aliphatic rings. The largest absolute Gasteiger partial charge is 0.361 e. The van der Waals surface area contributed by atoms with Crippen molar-refractivity contribution in [2.45, 2.75) is 51.6 Å². The second kappa shape index (κ2) is 8.71. The van der Waals surface area contributed by atoms with E-state index in [-0.39, 0.29) is 41.4 Å². The zero-order valence-corrected chi connectivity index (χ0v) is 17.7. The van der Waals surface area contributed by atoms with Crippen LogP contribution in [0.1, 0.15) is 54.7 Å². The van der Waals surface area contributed by atoms with Crippen LogP contribution < -0.4 is 10.6 Å². The molecule has 0 saturated heterocycles. The topological polar surface area (TPSA) is 123 Å². The van der Waals surface area contributed by atoms with Crippen molar-refractivity contribution in [2.75, 3.05) is 0 Å². The summed E-state index contributed by atoms with van der Waals surface area (Å²) in [7, 11) is 0. The molecule has 1 saturated carbocycles. The van der Waals surface area contributed by atoms with Gasteiger partial charge in [0.15, 0.2) is 5.69 Å². The first kappa shape index (κ1) is 20.8. The summed E-state index contributed by atoms with van der Waals surface area (Å²) in [4.78, 5) is 29.9. The number of nitrogens with zero attached hydrogens (tertiary/aromatic N) is 3. The quantitative estimate of drug-likeness (QED) is 0.625. The van der Waals surface area contributed by atoms with E-state index in [1.807, 2.05) is 44.2 Å². The molecule has 0 unspecified atom stereocenters. The van der Waals surface area contributed by atoms with E-state index in [2.05, 4.69) is 25.9 Å². The molecule has 0 radical (unpaired) electrons. The van der Waals surface area contributed by atoms with Crippen molar-refractivity contribution in [3.8, 4) is 11.4 Å². The molecule has 31 heavy (non-hydrogen) atoms. The number of aromatic nitrogens is 3. The van der Waals surface area contributed by atoms with Crippen molar-refractivity contribution in [1.82, 2.24) is 25.9 Å². The van der Waals surface area contributed by atoms with Gasteiger partial charge >= 0.3 is 0 Å². The lowest BCUT2D eigenvalue weighted by Gasteiger charge is -2.17. The predicted octanol–water partition coefficient (Wildman–Crippen LogP) is 2.85. The SMILES string of the molecule is Cc1cc(C(=O)N[C@H]2C[C@H](C(=O)NC(C)C)C[C@H]2c2nc(-c3ccccc3)no2)no1. The molecule has 0 spiro atoms. The molecule has 4 rings (SSSR count). The molecule has 3 aromatic rings. The Bertz CT molecular complexity index is 1060. The third kappa shape index (κ3) is 4.65. The van der Waals surface area contributed by atoms with E-state index in [9.17, 15) is 9.59 Å². The molecule has 0 aliphatic heterocycles. The minimum Gasteiger partial charge on any atom is -0.361 e. The molecule has 2 amide bonds. The molecule has 9 nitrogen and oxygen atoms in total. The molecule has 0 bridgehead atoms. The fraction of sp³-hybridized carbons (Fsp3) is 0.409. The lowest BCUT2D eigenvalue weighted by molar-refractivity contribution is -0.125. The summed E-state index contributed by atoms with van der Waals surface area (Å²) >= 11 is 0. The smallest absolute Gasteiger partial charge is 0.273 e. The summed E-state index contributed by atoms with van der Waals surface area (Å²) < 4.78 is 10.6. The lowest BCUT2D eigenvalue weighted by Crippen LogP contribution is -2.38. The number of hydrogen-bond donors (Lipinski definition) is 2. The Kier molecular flexibility index (Phi) is 5.83. The number of carbonyl (C=O) groups is 2. The molecule has 2 aromatic heterocycles. The van der Waals surface area contributed by atoms with Gasteiger partial charge in [-0.2, -0.15) is 4.98 Å². The number of aryl methyl sites for hydroxylation is 1. The minimum absolute atomic E-state index is 0.0331. The summed E-state index contributed by atoms with van der Waals surface area (Å²) in [6, 6.07) is 10.8. The highest BCUT2D eigenvalue weighted by molar-refractivity contribution is 5.92. The van der Waals surface area contributed by atoms with Gasteiger partial charge in [-0.05, 0) is 33.6 Å². The van der Waals surface area contributed by atoms with Gasteiger partial charge in [0.2, 0.25) is 17.6 Å².